The molecule has 164 valence electrons. The highest BCUT2D eigenvalue weighted by Crippen LogP contribution is 2.62. The number of nitrogens with one attached hydrogen (secondary N) is 1. The standard InChI is InChI=1S/C24H39NO4/c1-14(4-9-22(28)29)18-7-8-19-17-6-5-15-12-16(26)10-11-23(15,2)20(17)13-21(27)25-24(18,19)3/h14-20,26H,4-13H2,1-3H3,(H,25,27)(H,28,29)/t14-,15-,16-,17+,18-,19+,20+,23+,24-/m1/s1. The van der Waals surface area contributed by atoms with Gasteiger partial charge in [0.25, 0.3) is 0 Å². The van der Waals surface area contributed by atoms with Crippen molar-refractivity contribution in [1.29, 1.82) is 0 Å². The van der Waals surface area contributed by atoms with Crippen LogP contribution < -0.4 is 5.32 Å². The highest BCUT2D eigenvalue weighted by molar-refractivity contribution is 5.78. The molecule has 5 heteroatoms. The minimum absolute atomic E-state index is 0.164. The Bertz CT molecular complexity index is 665. The van der Waals surface area contributed by atoms with E-state index in [1.807, 2.05) is 0 Å². The number of carboxylic acid groups (broad SMARTS) is 1. The van der Waals surface area contributed by atoms with Gasteiger partial charge >= 0.3 is 5.97 Å². The number of hydrogen-bond acceptors (Lipinski definition) is 3. The molecule has 3 aliphatic carbocycles. The summed E-state index contributed by atoms with van der Waals surface area (Å²) < 4.78 is 0. The highest BCUT2D eigenvalue weighted by atomic mass is 16.4. The first-order valence-electron chi connectivity index (χ1n) is 11.9. The SMILES string of the molecule is C[C@H](CCC(=O)O)[C@H]1CC[C@H]2[C@@H]3CC[C@@H]4C[C@H](O)CC[C@]4(C)[C@H]3CC(=O)N[C@]12C. The van der Waals surface area contributed by atoms with Crippen LogP contribution in [0.25, 0.3) is 0 Å². The van der Waals surface area contributed by atoms with Crippen LogP contribution in [0.15, 0.2) is 0 Å². The summed E-state index contributed by atoms with van der Waals surface area (Å²) in [6.07, 6.45) is 8.73. The number of aliphatic carboxylic acids is 1. The van der Waals surface area contributed by atoms with Gasteiger partial charge < -0.3 is 15.5 Å². The number of carbonyl (C=O) groups excluding carboxylic acids is 1. The Balaban J connectivity index is 1.60. The lowest BCUT2D eigenvalue weighted by Gasteiger charge is -2.56. The van der Waals surface area contributed by atoms with Crippen molar-refractivity contribution in [2.24, 2.45) is 40.9 Å². The quantitative estimate of drug-likeness (QED) is 0.660. The number of aliphatic hydroxyl groups excluding tert-OH is 1. The number of hydrogen-bond donors (Lipinski definition) is 3. The third kappa shape index (κ3) is 3.51. The van der Waals surface area contributed by atoms with E-state index in [1.54, 1.807) is 0 Å². The van der Waals surface area contributed by atoms with Gasteiger partial charge in [0.2, 0.25) is 5.91 Å². The second-order valence-electron chi connectivity index (χ2n) is 11.2. The molecule has 3 N–H and O–H groups in total. The lowest BCUT2D eigenvalue weighted by atomic mass is 9.49. The van der Waals surface area contributed by atoms with Gasteiger partial charge in [-0.2, -0.15) is 0 Å². The normalized spacial score (nSPS) is 47.9. The minimum Gasteiger partial charge on any atom is -0.481 e. The summed E-state index contributed by atoms with van der Waals surface area (Å²) in [7, 11) is 0. The van der Waals surface area contributed by atoms with Gasteiger partial charge in [-0.05, 0) is 99.2 Å². The van der Waals surface area contributed by atoms with E-state index in [0.29, 0.717) is 48.3 Å². The molecule has 0 radical (unpaired) electrons. The van der Waals surface area contributed by atoms with Crippen LogP contribution in [0.5, 0.6) is 0 Å². The number of fused-ring (bicyclic) bond motifs is 5. The summed E-state index contributed by atoms with van der Waals surface area (Å²) in [6, 6.07) is 0. The van der Waals surface area contributed by atoms with Crippen molar-refractivity contribution in [2.75, 3.05) is 0 Å². The van der Waals surface area contributed by atoms with E-state index in [4.69, 9.17) is 5.11 Å². The summed E-state index contributed by atoms with van der Waals surface area (Å²) >= 11 is 0. The zero-order chi connectivity index (χ0) is 21.0. The monoisotopic (exact) mass is 405 g/mol. The molecule has 4 rings (SSSR count). The molecule has 4 aliphatic rings. The molecule has 1 aliphatic heterocycles. The van der Waals surface area contributed by atoms with Crippen LogP contribution in [0.4, 0.5) is 0 Å². The minimum atomic E-state index is -0.729. The molecule has 1 saturated heterocycles. The van der Waals surface area contributed by atoms with E-state index in [-0.39, 0.29) is 29.4 Å². The first kappa shape index (κ1) is 21.1. The van der Waals surface area contributed by atoms with E-state index in [9.17, 15) is 14.7 Å². The molecular formula is C24H39NO4. The molecule has 0 spiro atoms. The average Bonchev–Trinajstić information content (AvgIpc) is 2.92. The summed E-state index contributed by atoms with van der Waals surface area (Å²) in [6.45, 7) is 6.83. The maximum atomic E-state index is 13.1. The Hall–Kier alpha value is -1.10. The molecule has 29 heavy (non-hydrogen) atoms. The van der Waals surface area contributed by atoms with Gasteiger partial charge in [-0.1, -0.05) is 13.8 Å². The van der Waals surface area contributed by atoms with E-state index >= 15 is 0 Å². The zero-order valence-corrected chi connectivity index (χ0v) is 18.3. The van der Waals surface area contributed by atoms with Crippen LogP contribution >= 0.6 is 0 Å². The molecule has 0 bridgehead atoms. The van der Waals surface area contributed by atoms with Crippen LogP contribution in [-0.2, 0) is 9.59 Å². The van der Waals surface area contributed by atoms with Gasteiger partial charge in [0.05, 0.1) is 6.10 Å². The first-order chi connectivity index (χ1) is 13.6. The first-order valence-corrected chi connectivity index (χ1v) is 11.9. The average molecular weight is 406 g/mol. The molecule has 1 amide bonds. The van der Waals surface area contributed by atoms with Crippen molar-refractivity contribution >= 4 is 11.9 Å². The molecule has 0 aromatic heterocycles. The van der Waals surface area contributed by atoms with Crippen molar-refractivity contribution in [1.82, 2.24) is 5.32 Å². The maximum Gasteiger partial charge on any atom is 0.303 e. The van der Waals surface area contributed by atoms with E-state index in [2.05, 4.69) is 26.1 Å². The summed E-state index contributed by atoms with van der Waals surface area (Å²) in [4.78, 5) is 24.2. The van der Waals surface area contributed by atoms with Crippen molar-refractivity contribution < 1.29 is 19.8 Å². The van der Waals surface area contributed by atoms with E-state index in [0.717, 1.165) is 32.1 Å². The molecule has 9 atom stereocenters. The Labute approximate surface area is 175 Å². The zero-order valence-electron chi connectivity index (χ0n) is 18.3. The van der Waals surface area contributed by atoms with E-state index < -0.39 is 5.97 Å². The summed E-state index contributed by atoms with van der Waals surface area (Å²) in [5.74, 6) is 2.11. The van der Waals surface area contributed by atoms with Crippen LogP contribution in [0.3, 0.4) is 0 Å². The molecule has 3 saturated carbocycles. The lowest BCUT2D eigenvalue weighted by Crippen LogP contribution is -2.55. The van der Waals surface area contributed by atoms with Crippen molar-refractivity contribution in [3.05, 3.63) is 0 Å². The number of carbonyl (C=O) groups is 2. The fourth-order valence-electron chi connectivity index (χ4n) is 8.34. The topological polar surface area (TPSA) is 86.6 Å². The third-order valence-corrected chi connectivity index (χ3v) is 9.88. The van der Waals surface area contributed by atoms with Gasteiger partial charge in [-0.15, -0.1) is 0 Å². The number of aliphatic hydroxyl groups is 1. The van der Waals surface area contributed by atoms with Crippen LogP contribution in [0.1, 0.15) is 85.0 Å². The predicted octanol–water partition coefficient (Wildman–Crippen LogP) is 3.99. The predicted molar refractivity (Wildman–Crippen MR) is 111 cm³/mol. The Morgan fingerprint density at radius 2 is 1.93 bits per heavy atom. The summed E-state index contributed by atoms with van der Waals surface area (Å²) in [5, 5.41) is 22.8. The number of carboxylic acids is 1. The van der Waals surface area contributed by atoms with Gasteiger partial charge in [-0.3, -0.25) is 9.59 Å². The largest absolute Gasteiger partial charge is 0.481 e. The number of rotatable bonds is 4. The van der Waals surface area contributed by atoms with E-state index in [1.165, 1.54) is 12.8 Å². The molecule has 1 heterocycles. The lowest BCUT2D eigenvalue weighted by molar-refractivity contribution is -0.137. The van der Waals surface area contributed by atoms with Crippen molar-refractivity contribution in [2.45, 2.75) is 96.6 Å². The molecule has 0 aromatic carbocycles. The Morgan fingerprint density at radius 1 is 1.17 bits per heavy atom. The Morgan fingerprint density at radius 3 is 2.66 bits per heavy atom. The molecule has 0 aromatic rings. The smallest absolute Gasteiger partial charge is 0.303 e. The highest BCUT2D eigenvalue weighted by Gasteiger charge is 2.60. The van der Waals surface area contributed by atoms with Crippen molar-refractivity contribution in [3.63, 3.8) is 0 Å². The van der Waals surface area contributed by atoms with Gasteiger partial charge in [0.1, 0.15) is 0 Å². The van der Waals surface area contributed by atoms with Crippen LogP contribution in [0.2, 0.25) is 0 Å². The van der Waals surface area contributed by atoms with Crippen LogP contribution in [0, 0.1) is 40.9 Å². The Kier molecular flexibility index (Phi) is 5.50. The fourth-order valence-corrected chi connectivity index (χ4v) is 8.34. The fraction of sp³-hybridized carbons (Fsp3) is 0.917. The second kappa shape index (κ2) is 7.55. The summed E-state index contributed by atoms with van der Waals surface area (Å²) in [5.41, 5.74) is -0.0520. The molecule has 4 fully saturated rings. The van der Waals surface area contributed by atoms with Gasteiger partial charge in [-0.25, -0.2) is 0 Å². The van der Waals surface area contributed by atoms with Crippen LogP contribution in [-0.4, -0.2) is 33.7 Å². The molecule has 5 nitrogen and oxygen atoms in total. The molecular weight excluding hydrogens is 366 g/mol. The third-order valence-electron chi connectivity index (χ3n) is 9.88. The maximum absolute atomic E-state index is 13.1. The molecule has 0 unspecified atom stereocenters. The number of amides is 1. The van der Waals surface area contributed by atoms with Gasteiger partial charge in [0, 0.05) is 18.4 Å². The van der Waals surface area contributed by atoms with Crippen molar-refractivity contribution in [3.8, 4) is 0 Å². The second-order valence-corrected chi connectivity index (χ2v) is 11.2. The van der Waals surface area contributed by atoms with Gasteiger partial charge in [0.15, 0.2) is 0 Å².